The van der Waals surface area contributed by atoms with Gasteiger partial charge in [-0.1, -0.05) is 238 Å². The molecular weight excluding hydrogens is 695 g/mol. The Morgan fingerprint density at radius 2 is 0.821 bits per heavy atom. The van der Waals surface area contributed by atoms with Gasteiger partial charge in [0.05, 0.1) is 25.4 Å². The summed E-state index contributed by atoms with van der Waals surface area (Å²) in [4.78, 5) is 24.4. The molecule has 56 heavy (non-hydrogen) atoms. The molecule has 0 heterocycles. The highest BCUT2D eigenvalue weighted by Gasteiger charge is 2.18. The average Bonchev–Trinajstić information content (AvgIpc) is 3.20. The van der Waals surface area contributed by atoms with E-state index in [0.717, 1.165) is 57.8 Å². The minimum Gasteiger partial charge on any atom is -0.466 e. The number of hydrogen-bond donors (Lipinski definition) is 3. The number of allylic oxidation sites excluding steroid dienone is 1. The molecule has 0 aliphatic carbocycles. The monoisotopic (exact) mass is 792 g/mol. The molecule has 0 spiro atoms. The summed E-state index contributed by atoms with van der Waals surface area (Å²) in [7, 11) is 0. The summed E-state index contributed by atoms with van der Waals surface area (Å²) in [5.41, 5.74) is 0. The lowest BCUT2D eigenvalue weighted by Crippen LogP contribution is -2.45. The number of rotatable bonds is 46. The van der Waals surface area contributed by atoms with Crippen molar-refractivity contribution in [3.63, 3.8) is 0 Å². The zero-order chi connectivity index (χ0) is 40.8. The molecule has 332 valence electrons. The Kier molecular flexibility index (Phi) is 45.1. The van der Waals surface area contributed by atoms with Gasteiger partial charge in [-0.2, -0.15) is 0 Å². The van der Waals surface area contributed by atoms with Crippen LogP contribution >= 0.6 is 0 Å². The van der Waals surface area contributed by atoms with Crippen molar-refractivity contribution in [3.05, 3.63) is 12.2 Å². The Morgan fingerprint density at radius 3 is 1.21 bits per heavy atom. The summed E-state index contributed by atoms with van der Waals surface area (Å²) in [6, 6.07) is -0.643. The van der Waals surface area contributed by atoms with E-state index in [-0.39, 0.29) is 18.5 Å². The number of nitrogens with one attached hydrogen (secondary N) is 1. The number of aliphatic hydroxyl groups is 2. The second-order valence-electron chi connectivity index (χ2n) is 17.2. The van der Waals surface area contributed by atoms with Crippen LogP contribution in [0.4, 0.5) is 0 Å². The largest absolute Gasteiger partial charge is 0.466 e. The van der Waals surface area contributed by atoms with Crippen LogP contribution < -0.4 is 5.32 Å². The molecule has 0 aromatic rings. The first-order valence-electron chi connectivity index (χ1n) is 25.0. The average molecular weight is 792 g/mol. The van der Waals surface area contributed by atoms with Gasteiger partial charge in [0, 0.05) is 12.8 Å². The van der Waals surface area contributed by atoms with Gasteiger partial charge in [-0.05, 0) is 32.1 Å². The van der Waals surface area contributed by atoms with Crippen LogP contribution in [-0.2, 0) is 14.3 Å². The molecule has 3 N–H and O–H groups in total. The zero-order valence-corrected chi connectivity index (χ0v) is 37.6. The topological polar surface area (TPSA) is 95.9 Å². The van der Waals surface area contributed by atoms with Crippen molar-refractivity contribution in [1.29, 1.82) is 0 Å². The maximum absolute atomic E-state index is 12.4. The van der Waals surface area contributed by atoms with Crippen molar-refractivity contribution >= 4 is 11.9 Å². The molecule has 6 heteroatoms. The highest BCUT2D eigenvalue weighted by molar-refractivity contribution is 5.76. The van der Waals surface area contributed by atoms with E-state index in [1.165, 1.54) is 186 Å². The summed E-state index contributed by atoms with van der Waals surface area (Å²) in [5.74, 6) is -0.108. The van der Waals surface area contributed by atoms with Gasteiger partial charge in [-0.15, -0.1) is 0 Å². The van der Waals surface area contributed by atoms with Crippen molar-refractivity contribution in [2.24, 2.45) is 0 Å². The number of amides is 1. The Bertz CT molecular complexity index is 832. The minimum atomic E-state index is -0.857. The standard InChI is InChI=1S/C50H97NO5/c1-3-5-7-9-11-13-15-17-18-19-21-22-26-30-34-38-42-48(53)47(46-52)51-49(54)43-39-35-31-27-24-25-29-33-37-41-45-56-50(55)44-40-36-32-28-23-20-16-14-12-10-8-6-4-2/h38,42,47-48,52-53H,3-37,39-41,43-46H2,1-2H3,(H,51,54)/b42-38+. The molecule has 0 aromatic carbocycles. The maximum Gasteiger partial charge on any atom is 0.305 e. The molecule has 6 nitrogen and oxygen atoms in total. The van der Waals surface area contributed by atoms with E-state index >= 15 is 0 Å². The smallest absolute Gasteiger partial charge is 0.305 e. The van der Waals surface area contributed by atoms with Crippen molar-refractivity contribution in [3.8, 4) is 0 Å². The first-order chi connectivity index (χ1) is 27.5. The molecule has 2 unspecified atom stereocenters. The van der Waals surface area contributed by atoms with Gasteiger partial charge in [0.15, 0.2) is 0 Å². The SMILES string of the molecule is CCCCCCCCCCCCCCCC/C=C/C(O)C(CO)NC(=O)CCCCCCCCCCCCOC(=O)CCCCCCCCCCCCCCC. The molecule has 0 aliphatic rings. The van der Waals surface area contributed by atoms with Gasteiger partial charge < -0.3 is 20.3 Å². The van der Waals surface area contributed by atoms with Crippen molar-refractivity contribution in [2.45, 2.75) is 283 Å². The first-order valence-corrected chi connectivity index (χ1v) is 25.0. The van der Waals surface area contributed by atoms with E-state index in [4.69, 9.17) is 4.74 Å². The van der Waals surface area contributed by atoms with Crippen LogP contribution in [0.25, 0.3) is 0 Å². The van der Waals surface area contributed by atoms with E-state index in [0.29, 0.717) is 19.4 Å². The highest BCUT2D eigenvalue weighted by atomic mass is 16.5. The maximum atomic E-state index is 12.4. The fourth-order valence-corrected chi connectivity index (χ4v) is 7.69. The third-order valence-electron chi connectivity index (χ3n) is 11.6. The van der Waals surface area contributed by atoms with Crippen LogP contribution in [0.15, 0.2) is 12.2 Å². The Balaban J connectivity index is 3.52. The third kappa shape index (κ3) is 42.2. The molecular formula is C50H97NO5. The summed E-state index contributed by atoms with van der Waals surface area (Å²) in [6.45, 7) is 4.86. The molecule has 0 radical (unpaired) electrons. The number of esters is 1. The van der Waals surface area contributed by atoms with Gasteiger partial charge in [0.25, 0.3) is 0 Å². The number of carbonyl (C=O) groups is 2. The lowest BCUT2D eigenvalue weighted by atomic mass is 10.0. The fraction of sp³-hybridized carbons (Fsp3) is 0.920. The molecule has 0 aromatic heterocycles. The Hall–Kier alpha value is -1.40. The normalized spacial score (nSPS) is 12.7. The first kappa shape index (κ1) is 54.6. The summed E-state index contributed by atoms with van der Waals surface area (Å²) >= 11 is 0. The molecule has 0 fully saturated rings. The van der Waals surface area contributed by atoms with Crippen LogP contribution in [0.5, 0.6) is 0 Å². The lowest BCUT2D eigenvalue weighted by molar-refractivity contribution is -0.143. The number of ether oxygens (including phenoxy) is 1. The molecule has 0 bridgehead atoms. The molecule has 0 saturated carbocycles. The van der Waals surface area contributed by atoms with Crippen LogP contribution in [0.2, 0.25) is 0 Å². The van der Waals surface area contributed by atoms with E-state index in [1.807, 2.05) is 6.08 Å². The molecule has 0 rings (SSSR count). The van der Waals surface area contributed by atoms with E-state index in [1.54, 1.807) is 6.08 Å². The fourth-order valence-electron chi connectivity index (χ4n) is 7.69. The second kappa shape index (κ2) is 46.3. The predicted molar refractivity (Wildman–Crippen MR) is 241 cm³/mol. The van der Waals surface area contributed by atoms with Gasteiger partial charge in [-0.25, -0.2) is 0 Å². The zero-order valence-electron chi connectivity index (χ0n) is 37.6. The third-order valence-corrected chi connectivity index (χ3v) is 11.6. The molecule has 2 atom stereocenters. The number of unbranched alkanes of at least 4 members (excludes halogenated alkanes) is 35. The number of hydrogen-bond acceptors (Lipinski definition) is 5. The highest BCUT2D eigenvalue weighted by Crippen LogP contribution is 2.16. The quantitative estimate of drug-likeness (QED) is 0.0324. The van der Waals surface area contributed by atoms with Crippen molar-refractivity contribution in [1.82, 2.24) is 5.32 Å². The predicted octanol–water partition coefficient (Wildman–Crippen LogP) is 14.6. The van der Waals surface area contributed by atoms with E-state index < -0.39 is 12.1 Å². The number of carbonyl (C=O) groups excluding carboxylic acids is 2. The Morgan fingerprint density at radius 1 is 0.482 bits per heavy atom. The van der Waals surface area contributed by atoms with Crippen LogP contribution in [-0.4, -0.2) is 47.4 Å². The van der Waals surface area contributed by atoms with Crippen LogP contribution in [0, 0.1) is 0 Å². The van der Waals surface area contributed by atoms with E-state index in [9.17, 15) is 19.8 Å². The van der Waals surface area contributed by atoms with Gasteiger partial charge >= 0.3 is 5.97 Å². The molecule has 0 saturated heterocycles. The van der Waals surface area contributed by atoms with Gasteiger partial charge in [0.1, 0.15) is 0 Å². The van der Waals surface area contributed by atoms with Crippen molar-refractivity contribution < 1.29 is 24.5 Å². The Labute approximate surface area is 349 Å². The van der Waals surface area contributed by atoms with E-state index in [2.05, 4.69) is 19.2 Å². The summed E-state index contributed by atoms with van der Waals surface area (Å²) in [5, 5.41) is 23.0. The second-order valence-corrected chi connectivity index (χ2v) is 17.2. The van der Waals surface area contributed by atoms with Crippen molar-refractivity contribution in [2.75, 3.05) is 13.2 Å². The lowest BCUT2D eigenvalue weighted by Gasteiger charge is -2.20. The van der Waals surface area contributed by atoms with Crippen LogP contribution in [0.3, 0.4) is 0 Å². The van der Waals surface area contributed by atoms with Gasteiger partial charge in [0.2, 0.25) is 5.91 Å². The van der Waals surface area contributed by atoms with Gasteiger partial charge in [-0.3, -0.25) is 9.59 Å². The molecule has 0 aliphatic heterocycles. The molecule has 1 amide bonds. The summed E-state index contributed by atoms with van der Waals surface area (Å²) < 4.78 is 5.45. The number of aliphatic hydroxyl groups excluding tert-OH is 2. The summed E-state index contributed by atoms with van der Waals surface area (Å²) in [6.07, 6.45) is 52.0. The minimum absolute atomic E-state index is 0.0192. The van der Waals surface area contributed by atoms with Crippen LogP contribution in [0.1, 0.15) is 271 Å².